The average Bonchev–Trinajstić information content (AvgIpc) is 2.99. The van der Waals surface area contributed by atoms with Crippen molar-refractivity contribution in [1.82, 2.24) is 15.1 Å². The fraction of sp³-hybridized carbons (Fsp3) is 0.500. The molecular weight excluding hydrogens is 262 g/mol. The van der Waals surface area contributed by atoms with Crippen molar-refractivity contribution < 1.29 is 4.42 Å². The van der Waals surface area contributed by atoms with Crippen LogP contribution < -0.4 is 5.32 Å². The Morgan fingerprint density at radius 2 is 2.16 bits per heavy atom. The number of hydrogen-bond acceptors (Lipinski definition) is 3. The van der Waals surface area contributed by atoms with Crippen LogP contribution in [0.1, 0.15) is 50.1 Å². The van der Waals surface area contributed by atoms with Gasteiger partial charge in [-0.05, 0) is 33.0 Å². The van der Waals surface area contributed by atoms with E-state index in [0.29, 0.717) is 5.02 Å². The van der Waals surface area contributed by atoms with Gasteiger partial charge in [0.05, 0.1) is 16.9 Å². The van der Waals surface area contributed by atoms with Gasteiger partial charge in [-0.2, -0.15) is 5.10 Å². The standard InChI is InChI=1S/C14H20ClN3O/c1-5-10-6-7-12(19-10)13(16-4)14-11(15)8-17-18(14)9(2)3/h6-9,13,16H,5H2,1-4H3. The number of furan rings is 1. The molecule has 1 unspecified atom stereocenters. The summed E-state index contributed by atoms with van der Waals surface area (Å²) in [6.45, 7) is 6.24. The number of halogens is 1. The Morgan fingerprint density at radius 3 is 2.68 bits per heavy atom. The first kappa shape index (κ1) is 14.2. The van der Waals surface area contributed by atoms with Crippen LogP contribution in [0.5, 0.6) is 0 Å². The lowest BCUT2D eigenvalue weighted by molar-refractivity contribution is 0.409. The van der Waals surface area contributed by atoms with E-state index >= 15 is 0 Å². The van der Waals surface area contributed by atoms with Gasteiger partial charge in [0.25, 0.3) is 0 Å². The Bertz CT molecular complexity index is 545. The van der Waals surface area contributed by atoms with Gasteiger partial charge in [-0.25, -0.2) is 0 Å². The Hall–Kier alpha value is -1.26. The summed E-state index contributed by atoms with van der Waals surface area (Å²) in [6.07, 6.45) is 2.57. The van der Waals surface area contributed by atoms with Crippen LogP contribution in [0.2, 0.25) is 5.02 Å². The Kier molecular flexibility index (Phi) is 4.32. The fourth-order valence-electron chi connectivity index (χ4n) is 2.19. The topological polar surface area (TPSA) is 43.0 Å². The quantitative estimate of drug-likeness (QED) is 0.911. The van der Waals surface area contributed by atoms with Gasteiger partial charge < -0.3 is 9.73 Å². The van der Waals surface area contributed by atoms with Crippen LogP contribution in [0.3, 0.4) is 0 Å². The van der Waals surface area contributed by atoms with E-state index in [1.54, 1.807) is 6.20 Å². The van der Waals surface area contributed by atoms with E-state index in [4.69, 9.17) is 16.0 Å². The zero-order chi connectivity index (χ0) is 14.0. The zero-order valence-corrected chi connectivity index (χ0v) is 12.5. The predicted octanol–water partition coefficient (Wildman–Crippen LogP) is 3.58. The summed E-state index contributed by atoms with van der Waals surface area (Å²) in [5, 5.41) is 8.25. The Labute approximate surface area is 118 Å². The average molecular weight is 282 g/mol. The summed E-state index contributed by atoms with van der Waals surface area (Å²) in [7, 11) is 1.90. The lowest BCUT2D eigenvalue weighted by atomic mass is 10.1. The van der Waals surface area contributed by atoms with E-state index in [2.05, 4.69) is 31.2 Å². The highest BCUT2D eigenvalue weighted by molar-refractivity contribution is 6.31. The van der Waals surface area contributed by atoms with Gasteiger partial charge in [-0.3, -0.25) is 4.68 Å². The van der Waals surface area contributed by atoms with E-state index in [9.17, 15) is 0 Å². The molecule has 2 aromatic rings. The van der Waals surface area contributed by atoms with Gasteiger partial charge in [-0.1, -0.05) is 18.5 Å². The first-order valence-electron chi connectivity index (χ1n) is 6.57. The molecule has 2 rings (SSSR count). The van der Waals surface area contributed by atoms with Gasteiger partial charge in [0.15, 0.2) is 0 Å². The zero-order valence-electron chi connectivity index (χ0n) is 11.8. The predicted molar refractivity (Wildman–Crippen MR) is 76.6 cm³/mol. The largest absolute Gasteiger partial charge is 0.464 e. The second-order valence-electron chi connectivity index (χ2n) is 4.80. The van der Waals surface area contributed by atoms with Crippen molar-refractivity contribution in [2.24, 2.45) is 0 Å². The minimum atomic E-state index is -0.0855. The normalized spacial score (nSPS) is 13.2. The molecule has 0 bridgehead atoms. The van der Waals surface area contributed by atoms with Crippen LogP contribution in [0.15, 0.2) is 22.7 Å². The molecule has 0 amide bonds. The third kappa shape index (κ3) is 2.69. The third-order valence-corrected chi connectivity index (χ3v) is 3.44. The van der Waals surface area contributed by atoms with Crippen molar-refractivity contribution in [3.8, 4) is 0 Å². The van der Waals surface area contributed by atoms with Crippen LogP contribution in [0.4, 0.5) is 0 Å². The maximum atomic E-state index is 6.29. The van der Waals surface area contributed by atoms with Crippen molar-refractivity contribution in [3.05, 3.63) is 40.6 Å². The molecule has 2 aromatic heterocycles. The van der Waals surface area contributed by atoms with Crippen LogP contribution >= 0.6 is 11.6 Å². The van der Waals surface area contributed by atoms with Crippen LogP contribution in [0, 0.1) is 0 Å². The second kappa shape index (κ2) is 5.80. The summed E-state index contributed by atoms with van der Waals surface area (Å²) < 4.78 is 7.77. The number of nitrogens with zero attached hydrogens (tertiary/aromatic N) is 2. The molecule has 0 aliphatic rings. The molecule has 1 N–H and O–H groups in total. The smallest absolute Gasteiger partial charge is 0.127 e. The van der Waals surface area contributed by atoms with Gasteiger partial charge >= 0.3 is 0 Å². The van der Waals surface area contributed by atoms with Crippen LogP contribution in [-0.2, 0) is 6.42 Å². The summed E-state index contributed by atoms with van der Waals surface area (Å²) in [5.74, 6) is 1.84. The summed E-state index contributed by atoms with van der Waals surface area (Å²) in [6, 6.07) is 4.16. The molecule has 2 heterocycles. The minimum absolute atomic E-state index is 0.0855. The first-order chi connectivity index (χ1) is 9.08. The molecule has 0 spiro atoms. The lowest BCUT2D eigenvalue weighted by Gasteiger charge is -2.18. The molecule has 19 heavy (non-hydrogen) atoms. The Balaban J connectivity index is 2.44. The highest BCUT2D eigenvalue weighted by Crippen LogP contribution is 2.30. The number of aryl methyl sites for hydroxylation is 1. The van der Waals surface area contributed by atoms with Crippen LogP contribution in [-0.4, -0.2) is 16.8 Å². The minimum Gasteiger partial charge on any atom is -0.464 e. The Morgan fingerprint density at radius 1 is 1.42 bits per heavy atom. The molecule has 0 aliphatic carbocycles. The van der Waals surface area contributed by atoms with Gasteiger partial charge in [-0.15, -0.1) is 0 Å². The summed E-state index contributed by atoms with van der Waals surface area (Å²) in [4.78, 5) is 0. The second-order valence-corrected chi connectivity index (χ2v) is 5.20. The number of rotatable bonds is 5. The SMILES string of the molecule is CCc1ccc(C(NC)c2c(Cl)cnn2C(C)C)o1. The first-order valence-corrected chi connectivity index (χ1v) is 6.95. The molecule has 1 atom stereocenters. The summed E-state index contributed by atoms with van der Waals surface area (Å²) in [5.41, 5.74) is 0.941. The van der Waals surface area contributed by atoms with Crippen molar-refractivity contribution in [3.63, 3.8) is 0 Å². The number of nitrogens with one attached hydrogen (secondary N) is 1. The van der Waals surface area contributed by atoms with Crippen molar-refractivity contribution in [2.75, 3.05) is 7.05 Å². The molecule has 0 saturated heterocycles. The highest BCUT2D eigenvalue weighted by Gasteiger charge is 2.24. The maximum absolute atomic E-state index is 6.29. The molecular formula is C14H20ClN3O. The van der Waals surface area contributed by atoms with E-state index < -0.39 is 0 Å². The molecule has 4 nitrogen and oxygen atoms in total. The van der Waals surface area contributed by atoms with E-state index in [1.807, 2.05) is 23.9 Å². The molecule has 104 valence electrons. The molecule has 0 fully saturated rings. The van der Waals surface area contributed by atoms with Crippen molar-refractivity contribution >= 4 is 11.6 Å². The molecule has 0 saturated carbocycles. The molecule has 5 heteroatoms. The highest BCUT2D eigenvalue weighted by atomic mass is 35.5. The van der Waals surface area contributed by atoms with E-state index in [0.717, 1.165) is 23.6 Å². The van der Waals surface area contributed by atoms with Gasteiger partial charge in [0, 0.05) is 12.5 Å². The molecule has 0 radical (unpaired) electrons. The number of hydrogen-bond donors (Lipinski definition) is 1. The monoisotopic (exact) mass is 281 g/mol. The van der Waals surface area contributed by atoms with Crippen LogP contribution in [0.25, 0.3) is 0 Å². The molecule has 0 aliphatic heterocycles. The summed E-state index contributed by atoms with van der Waals surface area (Å²) >= 11 is 6.29. The van der Waals surface area contributed by atoms with Gasteiger partial charge in [0.2, 0.25) is 0 Å². The van der Waals surface area contributed by atoms with E-state index in [1.165, 1.54) is 0 Å². The fourth-order valence-corrected chi connectivity index (χ4v) is 2.43. The van der Waals surface area contributed by atoms with Gasteiger partial charge in [0.1, 0.15) is 17.6 Å². The van der Waals surface area contributed by atoms with E-state index in [-0.39, 0.29) is 12.1 Å². The maximum Gasteiger partial charge on any atom is 0.127 e. The lowest BCUT2D eigenvalue weighted by Crippen LogP contribution is -2.22. The van der Waals surface area contributed by atoms with Crippen molar-refractivity contribution in [2.45, 2.75) is 39.3 Å². The third-order valence-electron chi connectivity index (χ3n) is 3.15. The van der Waals surface area contributed by atoms with Crippen molar-refractivity contribution in [1.29, 1.82) is 0 Å². The number of aromatic nitrogens is 2. The molecule has 0 aromatic carbocycles.